The van der Waals surface area contributed by atoms with E-state index in [0.29, 0.717) is 30.6 Å². The van der Waals surface area contributed by atoms with E-state index in [2.05, 4.69) is 49.1 Å². The Balaban J connectivity index is 1.72. The van der Waals surface area contributed by atoms with Crippen LogP contribution < -0.4 is 10.9 Å². The molecule has 1 amide bonds. The van der Waals surface area contributed by atoms with Crippen LogP contribution in [0.25, 0.3) is 10.9 Å². The van der Waals surface area contributed by atoms with Crippen molar-refractivity contribution in [1.82, 2.24) is 15.2 Å². The minimum absolute atomic E-state index is 0.0260. The molecule has 0 saturated carbocycles. The number of fused-ring (bicyclic) bond motifs is 1. The van der Waals surface area contributed by atoms with Gasteiger partial charge in [0.05, 0.1) is 11.6 Å². The van der Waals surface area contributed by atoms with Gasteiger partial charge in [-0.1, -0.05) is 20.8 Å². The minimum atomic E-state index is -1.98. The molecular formula is C24H36FN3O4Si. The number of aromatic amines is 1. The van der Waals surface area contributed by atoms with E-state index in [4.69, 9.17) is 9.53 Å². The zero-order chi connectivity index (χ0) is 24.4. The number of rotatable bonds is 7. The van der Waals surface area contributed by atoms with Crippen LogP contribution >= 0.6 is 0 Å². The first-order chi connectivity index (χ1) is 15.3. The molecule has 2 atom stereocenters. The van der Waals surface area contributed by atoms with E-state index in [1.54, 1.807) is 6.07 Å². The largest absolute Gasteiger partial charge is 0.465 e. The summed E-state index contributed by atoms with van der Waals surface area (Å²) < 4.78 is 20.1. The summed E-state index contributed by atoms with van der Waals surface area (Å²) in [5.74, 6) is -0.240. The van der Waals surface area contributed by atoms with Crippen LogP contribution in [-0.4, -0.2) is 61.7 Å². The highest BCUT2D eigenvalue weighted by Crippen LogP contribution is 2.38. The number of amides is 1. The van der Waals surface area contributed by atoms with Crippen LogP contribution in [-0.2, 0) is 10.8 Å². The van der Waals surface area contributed by atoms with E-state index in [-0.39, 0.29) is 28.4 Å². The Labute approximate surface area is 195 Å². The second-order valence-corrected chi connectivity index (χ2v) is 15.4. The van der Waals surface area contributed by atoms with Gasteiger partial charge in [-0.15, -0.1) is 0 Å². The number of hydrogen-bond donors (Lipinski definition) is 3. The molecule has 2 heterocycles. The van der Waals surface area contributed by atoms with Gasteiger partial charge >= 0.3 is 6.09 Å². The van der Waals surface area contributed by atoms with E-state index in [1.807, 2.05) is 6.07 Å². The van der Waals surface area contributed by atoms with E-state index in [1.165, 1.54) is 12.1 Å². The molecular weight excluding hydrogens is 441 g/mol. The molecule has 33 heavy (non-hydrogen) atoms. The van der Waals surface area contributed by atoms with Gasteiger partial charge in [-0.2, -0.15) is 0 Å². The summed E-state index contributed by atoms with van der Waals surface area (Å²) in [5.41, 5.74) is 0.939. The molecule has 0 bridgehead atoms. The lowest BCUT2D eigenvalue weighted by Gasteiger charge is -2.44. The van der Waals surface area contributed by atoms with Gasteiger partial charge in [0.15, 0.2) is 8.32 Å². The van der Waals surface area contributed by atoms with Crippen molar-refractivity contribution in [2.24, 2.45) is 5.92 Å². The smallest absolute Gasteiger partial charge is 0.404 e. The molecule has 2 aromatic rings. The number of piperidine rings is 1. The Morgan fingerprint density at radius 3 is 2.70 bits per heavy atom. The molecule has 0 aliphatic carbocycles. The first kappa shape index (κ1) is 25.4. The number of benzene rings is 1. The first-order valence-electron chi connectivity index (χ1n) is 11.5. The fourth-order valence-electron chi connectivity index (χ4n) is 4.17. The number of nitrogens with zero attached hydrogens (tertiary/aromatic N) is 1. The van der Waals surface area contributed by atoms with Crippen molar-refractivity contribution in [2.75, 3.05) is 26.2 Å². The number of likely N-dealkylation sites (tertiary alicyclic amines) is 1. The molecule has 182 valence electrons. The zero-order valence-corrected chi connectivity index (χ0v) is 21.2. The molecule has 1 aliphatic rings. The molecule has 7 nitrogen and oxygen atoms in total. The number of halogens is 1. The topological polar surface area (TPSA) is 94.7 Å². The maximum absolute atomic E-state index is 13.5. The van der Waals surface area contributed by atoms with Gasteiger partial charge in [0.25, 0.3) is 5.56 Å². The third kappa shape index (κ3) is 6.65. The molecule has 1 saturated heterocycles. The van der Waals surface area contributed by atoms with Crippen molar-refractivity contribution in [3.63, 3.8) is 0 Å². The van der Waals surface area contributed by atoms with Crippen molar-refractivity contribution in [2.45, 2.75) is 57.8 Å². The Morgan fingerprint density at radius 2 is 2.03 bits per heavy atom. The summed E-state index contributed by atoms with van der Waals surface area (Å²) >= 11 is 0. The molecule has 1 aromatic heterocycles. The number of carboxylic acid groups (broad SMARTS) is 1. The van der Waals surface area contributed by atoms with Gasteiger partial charge in [-0.05, 0) is 66.5 Å². The molecule has 3 rings (SSSR count). The predicted molar refractivity (Wildman–Crippen MR) is 131 cm³/mol. The molecule has 0 radical (unpaired) electrons. The molecule has 1 aromatic carbocycles. The lowest BCUT2D eigenvalue weighted by atomic mass is 9.95. The monoisotopic (exact) mass is 477 g/mol. The van der Waals surface area contributed by atoms with Gasteiger partial charge in [0, 0.05) is 31.7 Å². The number of pyridine rings is 1. The number of carbonyl (C=O) groups is 1. The van der Waals surface area contributed by atoms with Crippen LogP contribution in [0, 0.1) is 11.7 Å². The normalized spacial score (nSPS) is 20.2. The van der Waals surface area contributed by atoms with Crippen molar-refractivity contribution in [3.8, 4) is 0 Å². The van der Waals surface area contributed by atoms with E-state index in [9.17, 15) is 14.0 Å². The summed E-state index contributed by atoms with van der Waals surface area (Å²) in [6, 6.07) is 6.21. The molecule has 1 aliphatic heterocycles. The summed E-state index contributed by atoms with van der Waals surface area (Å²) in [5, 5.41) is 12.4. The van der Waals surface area contributed by atoms with E-state index in [0.717, 1.165) is 24.9 Å². The lowest BCUT2D eigenvalue weighted by Crippen LogP contribution is -2.53. The van der Waals surface area contributed by atoms with Crippen LogP contribution in [0.4, 0.5) is 9.18 Å². The van der Waals surface area contributed by atoms with E-state index < -0.39 is 14.4 Å². The number of nitrogens with one attached hydrogen (secondary N) is 2. The predicted octanol–water partition coefficient (Wildman–Crippen LogP) is 4.19. The van der Waals surface area contributed by atoms with Crippen molar-refractivity contribution in [1.29, 1.82) is 0 Å². The Kier molecular flexibility index (Phi) is 7.65. The summed E-state index contributed by atoms with van der Waals surface area (Å²) in [4.78, 5) is 28.6. The van der Waals surface area contributed by atoms with Crippen LogP contribution in [0.3, 0.4) is 0 Å². The van der Waals surface area contributed by atoms with Crippen LogP contribution in [0.2, 0.25) is 18.1 Å². The SMILES string of the molecule is CC(C)(C)[Si](C)(C)OC1CC(CNC(=O)O)CN(CCc2cc3ccc(F)cc3[nH]c2=O)C1. The molecule has 3 N–H and O–H groups in total. The molecule has 9 heteroatoms. The van der Waals surface area contributed by atoms with Crippen LogP contribution in [0.15, 0.2) is 29.1 Å². The van der Waals surface area contributed by atoms with Gasteiger partial charge in [-0.25, -0.2) is 9.18 Å². The van der Waals surface area contributed by atoms with E-state index >= 15 is 0 Å². The van der Waals surface area contributed by atoms with Gasteiger partial charge < -0.3 is 24.7 Å². The molecule has 2 unspecified atom stereocenters. The first-order valence-corrected chi connectivity index (χ1v) is 14.4. The van der Waals surface area contributed by atoms with Crippen molar-refractivity contribution < 1.29 is 18.7 Å². The third-order valence-electron chi connectivity index (χ3n) is 6.97. The average molecular weight is 478 g/mol. The standard InChI is InChI=1S/C24H36FN3O4Si/c1-24(2,3)33(4,5)32-20-10-16(13-26-23(30)31)14-28(15-20)9-8-18-11-17-6-7-19(25)12-21(17)27-22(18)29/h6-7,11-12,16,20,26H,8-10,13-15H2,1-5H3,(H,27,29)(H,30,31). The lowest BCUT2D eigenvalue weighted by molar-refractivity contribution is 0.0474. The molecule has 1 fully saturated rings. The summed E-state index contributed by atoms with van der Waals surface area (Å²) in [6.45, 7) is 13.6. The maximum Gasteiger partial charge on any atom is 0.404 e. The molecule has 0 spiro atoms. The average Bonchev–Trinajstić information content (AvgIpc) is 2.69. The zero-order valence-electron chi connectivity index (χ0n) is 20.2. The maximum atomic E-state index is 13.5. The van der Waals surface area contributed by atoms with Gasteiger partial charge in [-0.3, -0.25) is 4.79 Å². The van der Waals surface area contributed by atoms with Crippen LogP contribution in [0.5, 0.6) is 0 Å². The third-order valence-corrected chi connectivity index (χ3v) is 11.5. The highest BCUT2D eigenvalue weighted by molar-refractivity contribution is 6.74. The summed E-state index contributed by atoms with van der Waals surface area (Å²) in [7, 11) is -1.98. The van der Waals surface area contributed by atoms with Crippen molar-refractivity contribution in [3.05, 3.63) is 46.0 Å². The highest BCUT2D eigenvalue weighted by atomic mass is 28.4. The minimum Gasteiger partial charge on any atom is -0.465 e. The Hall–Kier alpha value is -2.23. The highest BCUT2D eigenvalue weighted by Gasteiger charge is 2.41. The Morgan fingerprint density at radius 1 is 1.30 bits per heavy atom. The fraction of sp³-hybridized carbons (Fsp3) is 0.583. The summed E-state index contributed by atoms with van der Waals surface area (Å²) in [6.07, 6.45) is 0.367. The van der Waals surface area contributed by atoms with Gasteiger partial charge in [0.2, 0.25) is 0 Å². The Bertz CT molecular complexity index is 1050. The van der Waals surface area contributed by atoms with Gasteiger partial charge in [0.1, 0.15) is 5.82 Å². The number of hydrogen-bond acceptors (Lipinski definition) is 4. The van der Waals surface area contributed by atoms with Crippen LogP contribution in [0.1, 0.15) is 32.8 Å². The van der Waals surface area contributed by atoms with Crippen molar-refractivity contribution >= 4 is 25.3 Å². The quantitative estimate of drug-likeness (QED) is 0.520. The number of aromatic nitrogens is 1. The second kappa shape index (κ2) is 9.95. The second-order valence-electron chi connectivity index (χ2n) is 10.7. The number of H-pyrrole nitrogens is 1. The fourth-order valence-corrected chi connectivity index (χ4v) is 5.53.